The van der Waals surface area contributed by atoms with Gasteiger partial charge in [-0.1, -0.05) is 17.7 Å². The third-order valence-corrected chi connectivity index (χ3v) is 2.99. The highest BCUT2D eigenvalue weighted by Gasteiger charge is 2.17. The van der Waals surface area contributed by atoms with E-state index in [9.17, 15) is 9.59 Å². The maximum Gasteiger partial charge on any atom is 0.335 e. The van der Waals surface area contributed by atoms with Crippen LogP contribution in [0.3, 0.4) is 0 Å². The van der Waals surface area contributed by atoms with Crippen LogP contribution in [-0.4, -0.2) is 34.6 Å². The minimum Gasteiger partial charge on any atom is -0.478 e. The fraction of sp³-hybridized carbons (Fsp3) is 0.286. The predicted molar refractivity (Wildman–Crippen MR) is 79.5 cm³/mol. The summed E-state index contributed by atoms with van der Waals surface area (Å²) in [6, 6.07) is 3.77. The van der Waals surface area contributed by atoms with Crippen molar-refractivity contribution < 1.29 is 14.7 Å². The third kappa shape index (κ3) is 3.99. The summed E-state index contributed by atoms with van der Waals surface area (Å²) in [5.74, 6) is -1.08. The third-order valence-electron chi connectivity index (χ3n) is 2.66. The fourth-order valence-corrected chi connectivity index (χ4v) is 1.77. The number of hydrogen-bond donors (Lipinski definition) is 2. The van der Waals surface area contributed by atoms with Crippen molar-refractivity contribution in [1.29, 1.82) is 0 Å². The van der Waals surface area contributed by atoms with Crippen LogP contribution in [0.15, 0.2) is 30.9 Å². The molecular weight excluding hydrogens is 280 g/mol. The number of rotatable bonds is 5. The standard InChI is InChI=1S/C14H17ClN2O3/c1-4-7-17(9(2)3)14(20)16-12-8-10(13(18)19)5-6-11(12)15/h4-6,8-9H,1,7H2,2-3H3,(H,16,20)(H,18,19). The Hall–Kier alpha value is -2.01. The number of carbonyl (C=O) groups is 2. The van der Waals surface area contributed by atoms with Crippen molar-refractivity contribution in [2.75, 3.05) is 11.9 Å². The number of amides is 2. The van der Waals surface area contributed by atoms with E-state index >= 15 is 0 Å². The van der Waals surface area contributed by atoms with Gasteiger partial charge in [-0.2, -0.15) is 0 Å². The Balaban J connectivity index is 2.96. The lowest BCUT2D eigenvalue weighted by Crippen LogP contribution is -2.40. The number of carboxylic acid groups (broad SMARTS) is 1. The van der Waals surface area contributed by atoms with Crippen LogP contribution in [0.1, 0.15) is 24.2 Å². The van der Waals surface area contributed by atoms with E-state index in [-0.39, 0.29) is 28.3 Å². The SMILES string of the molecule is C=CCN(C(=O)Nc1cc(C(=O)O)ccc1Cl)C(C)C. The second-order valence-corrected chi connectivity index (χ2v) is 4.87. The normalized spacial score (nSPS) is 10.2. The lowest BCUT2D eigenvalue weighted by Gasteiger charge is -2.25. The van der Waals surface area contributed by atoms with Gasteiger partial charge in [0, 0.05) is 12.6 Å². The number of benzene rings is 1. The smallest absolute Gasteiger partial charge is 0.335 e. The number of nitrogens with zero attached hydrogens (tertiary/aromatic N) is 1. The molecule has 0 saturated carbocycles. The topological polar surface area (TPSA) is 69.6 Å². The number of hydrogen-bond acceptors (Lipinski definition) is 2. The van der Waals surface area contributed by atoms with Gasteiger partial charge in [0.15, 0.2) is 0 Å². The molecule has 6 heteroatoms. The zero-order valence-corrected chi connectivity index (χ0v) is 12.1. The Morgan fingerprint density at radius 1 is 1.50 bits per heavy atom. The summed E-state index contributed by atoms with van der Waals surface area (Å²) in [5.41, 5.74) is 0.329. The average Bonchev–Trinajstić information content (AvgIpc) is 2.37. The zero-order valence-electron chi connectivity index (χ0n) is 11.4. The lowest BCUT2D eigenvalue weighted by atomic mass is 10.2. The van der Waals surface area contributed by atoms with E-state index in [1.165, 1.54) is 18.2 Å². The quantitative estimate of drug-likeness (QED) is 0.817. The van der Waals surface area contributed by atoms with E-state index in [4.69, 9.17) is 16.7 Å². The Kier molecular flexibility index (Phi) is 5.58. The molecule has 0 bridgehead atoms. The molecule has 0 unspecified atom stereocenters. The number of urea groups is 1. The van der Waals surface area contributed by atoms with Crippen LogP contribution in [0.2, 0.25) is 5.02 Å². The molecule has 5 nitrogen and oxygen atoms in total. The van der Waals surface area contributed by atoms with Gasteiger partial charge >= 0.3 is 12.0 Å². The molecule has 0 atom stereocenters. The average molecular weight is 297 g/mol. The first kappa shape index (κ1) is 16.0. The van der Waals surface area contributed by atoms with Gasteiger partial charge in [-0.25, -0.2) is 9.59 Å². The first-order valence-electron chi connectivity index (χ1n) is 6.08. The number of carbonyl (C=O) groups excluding carboxylic acids is 1. The van der Waals surface area contributed by atoms with Crippen molar-refractivity contribution in [2.24, 2.45) is 0 Å². The van der Waals surface area contributed by atoms with Crippen molar-refractivity contribution in [2.45, 2.75) is 19.9 Å². The molecule has 20 heavy (non-hydrogen) atoms. The highest BCUT2D eigenvalue weighted by molar-refractivity contribution is 6.33. The molecule has 2 N–H and O–H groups in total. The van der Waals surface area contributed by atoms with Gasteiger partial charge in [-0.15, -0.1) is 6.58 Å². The van der Waals surface area contributed by atoms with E-state index < -0.39 is 5.97 Å². The summed E-state index contributed by atoms with van der Waals surface area (Å²) >= 11 is 5.96. The van der Waals surface area contributed by atoms with E-state index in [1.807, 2.05) is 13.8 Å². The van der Waals surface area contributed by atoms with Crippen molar-refractivity contribution in [3.8, 4) is 0 Å². The molecular formula is C14H17ClN2O3. The summed E-state index contributed by atoms with van der Waals surface area (Å²) in [6.07, 6.45) is 1.62. The molecule has 0 fully saturated rings. The van der Waals surface area contributed by atoms with E-state index in [0.29, 0.717) is 6.54 Å². The van der Waals surface area contributed by atoms with E-state index in [2.05, 4.69) is 11.9 Å². The molecule has 0 radical (unpaired) electrons. The van der Waals surface area contributed by atoms with Crippen LogP contribution < -0.4 is 5.32 Å². The second kappa shape index (κ2) is 6.96. The van der Waals surface area contributed by atoms with Gasteiger partial charge in [0.1, 0.15) is 0 Å². The molecule has 0 spiro atoms. The van der Waals surface area contributed by atoms with E-state index in [1.54, 1.807) is 11.0 Å². The highest BCUT2D eigenvalue weighted by Crippen LogP contribution is 2.23. The van der Waals surface area contributed by atoms with Gasteiger partial charge in [-0.3, -0.25) is 0 Å². The van der Waals surface area contributed by atoms with Crippen molar-refractivity contribution in [3.63, 3.8) is 0 Å². The molecule has 0 saturated heterocycles. The fourth-order valence-electron chi connectivity index (χ4n) is 1.61. The monoisotopic (exact) mass is 296 g/mol. The van der Waals surface area contributed by atoms with Crippen LogP contribution >= 0.6 is 11.6 Å². The van der Waals surface area contributed by atoms with Crippen LogP contribution in [0, 0.1) is 0 Å². The summed E-state index contributed by atoms with van der Waals surface area (Å²) in [7, 11) is 0. The molecule has 0 heterocycles. The molecule has 0 aliphatic carbocycles. The van der Waals surface area contributed by atoms with Gasteiger partial charge < -0.3 is 15.3 Å². The predicted octanol–water partition coefficient (Wildman–Crippen LogP) is 3.47. The Morgan fingerprint density at radius 3 is 2.65 bits per heavy atom. The second-order valence-electron chi connectivity index (χ2n) is 4.46. The largest absolute Gasteiger partial charge is 0.478 e. The van der Waals surface area contributed by atoms with Crippen LogP contribution in [0.5, 0.6) is 0 Å². The summed E-state index contributed by atoms with van der Waals surface area (Å²) < 4.78 is 0. The van der Waals surface area contributed by atoms with Crippen molar-refractivity contribution in [1.82, 2.24) is 4.90 Å². The van der Waals surface area contributed by atoms with Gasteiger partial charge in [-0.05, 0) is 32.0 Å². The van der Waals surface area contributed by atoms with Crippen molar-refractivity contribution in [3.05, 3.63) is 41.4 Å². The first-order valence-corrected chi connectivity index (χ1v) is 6.46. The minimum absolute atomic E-state index is 0.0190. The van der Waals surface area contributed by atoms with Gasteiger partial charge in [0.2, 0.25) is 0 Å². The number of carboxylic acids is 1. The molecule has 108 valence electrons. The number of halogens is 1. The molecule has 0 aromatic heterocycles. The highest BCUT2D eigenvalue weighted by atomic mass is 35.5. The molecule has 0 aliphatic rings. The number of aromatic carboxylic acids is 1. The summed E-state index contributed by atoms with van der Waals surface area (Å²) in [6.45, 7) is 7.74. The first-order chi connectivity index (χ1) is 9.36. The molecule has 2 amide bonds. The van der Waals surface area contributed by atoms with Crippen molar-refractivity contribution >= 4 is 29.3 Å². The molecule has 1 aromatic rings. The Morgan fingerprint density at radius 2 is 2.15 bits per heavy atom. The molecule has 1 rings (SSSR count). The maximum atomic E-state index is 12.1. The van der Waals surface area contributed by atoms with Crippen LogP contribution in [-0.2, 0) is 0 Å². The lowest BCUT2D eigenvalue weighted by molar-refractivity contribution is 0.0697. The number of anilines is 1. The van der Waals surface area contributed by atoms with Crippen LogP contribution in [0.4, 0.5) is 10.5 Å². The zero-order chi connectivity index (χ0) is 15.3. The summed E-state index contributed by atoms with van der Waals surface area (Å²) in [5, 5.41) is 11.8. The van der Waals surface area contributed by atoms with E-state index in [0.717, 1.165) is 0 Å². The molecule has 0 aliphatic heterocycles. The molecule has 1 aromatic carbocycles. The summed E-state index contributed by atoms with van der Waals surface area (Å²) in [4.78, 5) is 24.6. The van der Waals surface area contributed by atoms with Gasteiger partial charge in [0.25, 0.3) is 0 Å². The Labute approximate surface area is 122 Å². The maximum absolute atomic E-state index is 12.1. The minimum atomic E-state index is -1.08. The van der Waals surface area contributed by atoms with Crippen LogP contribution in [0.25, 0.3) is 0 Å². The number of nitrogens with one attached hydrogen (secondary N) is 1. The Bertz CT molecular complexity index is 529. The van der Waals surface area contributed by atoms with Gasteiger partial charge in [0.05, 0.1) is 16.3 Å².